The fourth-order valence-electron chi connectivity index (χ4n) is 0.767. The Bertz CT molecular complexity index is 339. The Labute approximate surface area is 80.0 Å². The maximum atomic E-state index is 11.3. The van der Waals surface area contributed by atoms with E-state index in [0.717, 1.165) is 0 Å². The van der Waals surface area contributed by atoms with Crippen molar-refractivity contribution in [2.45, 2.75) is 13.0 Å². The van der Waals surface area contributed by atoms with Gasteiger partial charge < -0.3 is 10.4 Å². The normalized spacial score (nSPS) is 11.8. The lowest BCUT2D eigenvalue weighted by Gasteiger charge is -2.07. The fourth-order valence-corrected chi connectivity index (χ4v) is 0.767. The molecular formula is C8H9N3O3. The highest BCUT2D eigenvalue weighted by molar-refractivity contribution is 5.96. The van der Waals surface area contributed by atoms with E-state index in [1.165, 1.54) is 25.4 Å². The third kappa shape index (κ3) is 2.51. The summed E-state index contributed by atoms with van der Waals surface area (Å²) in [6, 6.07) is 0.535. The van der Waals surface area contributed by atoms with Crippen LogP contribution in [0.25, 0.3) is 0 Å². The minimum atomic E-state index is -1.08. The summed E-state index contributed by atoms with van der Waals surface area (Å²) in [6.07, 6.45) is 2.63. The molecule has 0 saturated heterocycles. The molecule has 1 aromatic heterocycles. The molecule has 1 heterocycles. The molecule has 2 N–H and O–H groups in total. The molecule has 1 atom stereocenters. The van der Waals surface area contributed by atoms with E-state index in [4.69, 9.17) is 5.11 Å². The molecule has 0 bridgehead atoms. The number of hydrogen-bond donors (Lipinski definition) is 2. The van der Waals surface area contributed by atoms with Crippen molar-refractivity contribution in [3.63, 3.8) is 0 Å². The molecule has 0 aliphatic heterocycles. The Morgan fingerprint density at radius 2 is 2.21 bits per heavy atom. The molecule has 0 saturated carbocycles. The largest absolute Gasteiger partial charge is 0.480 e. The van der Waals surface area contributed by atoms with Gasteiger partial charge in [-0.2, -0.15) is 10.2 Å². The van der Waals surface area contributed by atoms with Crippen LogP contribution in [0.5, 0.6) is 0 Å². The summed E-state index contributed by atoms with van der Waals surface area (Å²) < 4.78 is 0. The number of aliphatic carboxylic acids is 1. The van der Waals surface area contributed by atoms with Gasteiger partial charge in [0.15, 0.2) is 0 Å². The molecule has 74 valence electrons. The van der Waals surface area contributed by atoms with Crippen LogP contribution in [0.1, 0.15) is 17.3 Å². The minimum Gasteiger partial charge on any atom is -0.480 e. The first-order valence-corrected chi connectivity index (χ1v) is 3.91. The molecule has 0 aliphatic rings. The highest BCUT2D eigenvalue weighted by atomic mass is 16.4. The second kappa shape index (κ2) is 4.31. The van der Waals surface area contributed by atoms with E-state index in [1.54, 1.807) is 0 Å². The molecule has 6 nitrogen and oxygen atoms in total. The van der Waals surface area contributed by atoms with E-state index >= 15 is 0 Å². The Morgan fingerprint density at radius 3 is 2.71 bits per heavy atom. The second-order valence-corrected chi connectivity index (χ2v) is 2.66. The SMILES string of the molecule is CC(NC(=O)c1ccnnc1)C(=O)O. The summed E-state index contributed by atoms with van der Waals surface area (Å²) in [6.45, 7) is 1.38. The number of carbonyl (C=O) groups is 2. The maximum Gasteiger partial charge on any atom is 0.325 e. The van der Waals surface area contributed by atoms with Crippen molar-refractivity contribution >= 4 is 11.9 Å². The van der Waals surface area contributed by atoms with E-state index in [-0.39, 0.29) is 5.56 Å². The smallest absolute Gasteiger partial charge is 0.325 e. The van der Waals surface area contributed by atoms with Gasteiger partial charge in [-0.05, 0) is 13.0 Å². The average Bonchev–Trinajstić information content (AvgIpc) is 2.19. The highest BCUT2D eigenvalue weighted by Crippen LogP contribution is 1.94. The third-order valence-corrected chi connectivity index (χ3v) is 1.56. The topological polar surface area (TPSA) is 92.2 Å². The molecule has 0 aromatic carbocycles. The van der Waals surface area contributed by atoms with Gasteiger partial charge in [0.05, 0.1) is 18.0 Å². The summed E-state index contributed by atoms with van der Waals surface area (Å²) >= 11 is 0. The summed E-state index contributed by atoms with van der Waals surface area (Å²) in [5.74, 6) is -1.56. The van der Waals surface area contributed by atoms with Gasteiger partial charge in [-0.3, -0.25) is 9.59 Å². The lowest BCUT2D eigenvalue weighted by molar-refractivity contribution is -0.138. The van der Waals surface area contributed by atoms with Crippen LogP contribution in [0.15, 0.2) is 18.5 Å². The lowest BCUT2D eigenvalue weighted by Crippen LogP contribution is -2.38. The Kier molecular flexibility index (Phi) is 3.11. The van der Waals surface area contributed by atoms with Gasteiger partial charge in [-0.1, -0.05) is 0 Å². The Morgan fingerprint density at radius 1 is 1.50 bits per heavy atom. The zero-order valence-corrected chi connectivity index (χ0v) is 7.47. The van der Waals surface area contributed by atoms with Crippen LogP contribution < -0.4 is 5.32 Å². The monoisotopic (exact) mass is 195 g/mol. The summed E-state index contributed by atoms with van der Waals surface area (Å²) in [7, 11) is 0. The number of nitrogens with zero attached hydrogens (tertiary/aromatic N) is 2. The molecule has 0 radical (unpaired) electrons. The number of hydrogen-bond acceptors (Lipinski definition) is 4. The van der Waals surface area contributed by atoms with Crippen LogP contribution in [0.2, 0.25) is 0 Å². The van der Waals surface area contributed by atoms with Gasteiger partial charge in [0.25, 0.3) is 5.91 Å². The van der Waals surface area contributed by atoms with Crippen LogP contribution in [0.4, 0.5) is 0 Å². The van der Waals surface area contributed by atoms with Crippen molar-refractivity contribution < 1.29 is 14.7 Å². The number of amides is 1. The van der Waals surface area contributed by atoms with E-state index in [0.29, 0.717) is 0 Å². The van der Waals surface area contributed by atoms with Crippen LogP contribution in [0.3, 0.4) is 0 Å². The molecule has 1 unspecified atom stereocenters. The predicted molar refractivity (Wildman–Crippen MR) is 46.6 cm³/mol. The van der Waals surface area contributed by atoms with Crippen LogP contribution in [-0.2, 0) is 4.79 Å². The van der Waals surface area contributed by atoms with Crippen LogP contribution in [0, 0.1) is 0 Å². The highest BCUT2D eigenvalue weighted by Gasteiger charge is 2.14. The second-order valence-electron chi connectivity index (χ2n) is 2.66. The van der Waals surface area contributed by atoms with Gasteiger partial charge in [-0.25, -0.2) is 0 Å². The molecule has 1 rings (SSSR count). The Hall–Kier alpha value is -1.98. The van der Waals surface area contributed by atoms with Crippen LogP contribution in [-0.4, -0.2) is 33.2 Å². The van der Waals surface area contributed by atoms with Gasteiger partial charge in [0.2, 0.25) is 0 Å². The van der Waals surface area contributed by atoms with Gasteiger partial charge in [0, 0.05) is 0 Å². The minimum absolute atomic E-state index is 0.285. The van der Waals surface area contributed by atoms with Gasteiger partial charge >= 0.3 is 5.97 Å². The molecule has 6 heteroatoms. The zero-order valence-electron chi connectivity index (χ0n) is 7.47. The number of carboxylic acids is 1. The quantitative estimate of drug-likeness (QED) is 0.689. The number of nitrogens with one attached hydrogen (secondary N) is 1. The Balaban J connectivity index is 2.64. The lowest BCUT2D eigenvalue weighted by atomic mass is 10.2. The van der Waals surface area contributed by atoms with Crippen molar-refractivity contribution in [1.82, 2.24) is 15.5 Å². The van der Waals surface area contributed by atoms with Crippen molar-refractivity contribution in [3.8, 4) is 0 Å². The first-order chi connectivity index (χ1) is 6.61. The van der Waals surface area contributed by atoms with Gasteiger partial charge in [0.1, 0.15) is 6.04 Å². The summed E-state index contributed by atoms with van der Waals surface area (Å²) in [5.41, 5.74) is 0.285. The van der Waals surface area contributed by atoms with Crippen LogP contribution >= 0.6 is 0 Å². The molecular weight excluding hydrogens is 186 g/mol. The fraction of sp³-hybridized carbons (Fsp3) is 0.250. The standard InChI is InChI=1S/C8H9N3O3/c1-5(8(13)14)11-7(12)6-2-3-9-10-4-6/h2-5H,1H3,(H,11,12)(H,13,14). The van der Waals surface area contributed by atoms with Gasteiger partial charge in [-0.15, -0.1) is 0 Å². The van der Waals surface area contributed by atoms with Crippen molar-refractivity contribution in [3.05, 3.63) is 24.0 Å². The molecule has 0 aliphatic carbocycles. The van der Waals surface area contributed by atoms with Crippen molar-refractivity contribution in [2.24, 2.45) is 0 Å². The van der Waals surface area contributed by atoms with E-state index in [9.17, 15) is 9.59 Å². The van der Waals surface area contributed by atoms with Crippen molar-refractivity contribution in [1.29, 1.82) is 0 Å². The van der Waals surface area contributed by atoms with E-state index in [2.05, 4.69) is 15.5 Å². The maximum absolute atomic E-state index is 11.3. The van der Waals surface area contributed by atoms with E-state index < -0.39 is 17.9 Å². The number of aromatic nitrogens is 2. The molecule has 1 amide bonds. The first kappa shape index (κ1) is 10.1. The number of carboxylic acid groups (broad SMARTS) is 1. The van der Waals surface area contributed by atoms with Crippen molar-refractivity contribution in [2.75, 3.05) is 0 Å². The zero-order chi connectivity index (χ0) is 10.6. The summed E-state index contributed by atoms with van der Waals surface area (Å²) in [5, 5.41) is 17.8. The number of rotatable bonds is 3. The molecule has 1 aromatic rings. The first-order valence-electron chi connectivity index (χ1n) is 3.91. The average molecular weight is 195 g/mol. The molecule has 0 fully saturated rings. The molecule has 14 heavy (non-hydrogen) atoms. The third-order valence-electron chi connectivity index (χ3n) is 1.56. The van der Waals surface area contributed by atoms with E-state index in [1.807, 2.05) is 0 Å². The molecule has 0 spiro atoms. The number of carbonyl (C=O) groups excluding carboxylic acids is 1. The predicted octanol–water partition coefficient (Wildman–Crippen LogP) is -0.320. The summed E-state index contributed by atoms with van der Waals surface area (Å²) in [4.78, 5) is 21.7.